The van der Waals surface area contributed by atoms with Crippen molar-refractivity contribution in [2.45, 2.75) is 6.67 Å². The molecule has 0 saturated heterocycles. The maximum atomic E-state index is 10.8. The molecule has 0 saturated carbocycles. The standard InChI is InChI=1S/C14H10N4O4S2/c19-17(20)10-3-1-9(2-4-10)15-8-16-12-6-5-11(18(21)22)7-13(12)24-14(16)23/h1-7,15H,8H2. The third kappa shape index (κ3) is 3.09. The molecule has 0 bridgehead atoms. The summed E-state index contributed by atoms with van der Waals surface area (Å²) < 4.78 is 3.14. The number of nitrogens with zero attached hydrogens (tertiary/aromatic N) is 3. The smallest absolute Gasteiger partial charge is 0.270 e. The lowest BCUT2D eigenvalue weighted by atomic mass is 10.3. The van der Waals surface area contributed by atoms with E-state index in [9.17, 15) is 20.2 Å². The minimum Gasteiger partial charge on any atom is -0.367 e. The molecule has 0 spiro atoms. The molecule has 1 heterocycles. The highest BCUT2D eigenvalue weighted by atomic mass is 32.1. The largest absolute Gasteiger partial charge is 0.367 e. The van der Waals surface area contributed by atoms with Crippen molar-refractivity contribution in [2.75, 3.05) is 5.32 Å². The molecule has 0 amide bonds. The molecule has 1 aromatic heterocycles. The predicted molar refractivity (Wildman–Crippen MR) is 94.0 cm³/mol. The van der Waals surface area contributed by atoms with Gasteiger partial charge in [0.15, 0.2) is 3.95 Å². The van der Waals surface area contributed by atoms with Crippen LogP contribution in [0, 0.1) is 24.2 Å². The minimum atomic E-state index is -0.459. The summed E-state index contributed by atoms with van der Waals surface area (Å²) in [5, 5.41) is 24.6. The Labute approximate surface area is 144 Å². The van der Waals surface area contributed by atoms with Gasteiger partial charge in [0.2, 0.25) is 0 Å². The molecule has 0 unspecified atom stereocenters. The Kier molecular flexibility index (Phi) is 4.23. The first kappa shape index (κ1) is 16.0. The SMILES string of the molecule is O=[N+]([O-])c1ccc(NCn2c(=S)sc3cc([N+](=O)[O-])ccc32)cc1. The molecule has 122 valence electrons. The van der Waals surface area contributed by atoms with Gasteiger partial charge in [-0.1, -0.05) is 0 Å². The maximum absolute atomic E-state index is 10.8. The Balaban J connectivity index is 1.84. The lowest BCUT2D eigenvalue weighted by Crippen LogP contribution is -2.07. The Hall–Kier alpha value is -2.85. The summed E-state index contributed by atoms with van der Waals surface area (Å²) in [6.45, 7) is 0.356. The van der Waals surface area contributed by atoms with E-state index in [2.05, 4.69) is 5.32 Å². The van der Waals surface area contributed by atoms with Crippen molar-refractivity contribution in [1.29, 1.82) is 0 Å². The lowest BCUT2D eigenvalue weighted by molar-refractivity contribution is -0.385. The predicted octanol–water partition coefficient (Wildman–Crippen LogP) is 4.32. The molecule has 8 nitrogen and oxygen atoms in total. The fourth-order valence-corrected chi connectivity index (χ4v) is 3.55. The highest BCUT2D eigenvalue weighted by molar-refractivity contribution is 7.73. The summed E-state index contributed by atoms with van der Waals surface area (Å²) >= 11 is 6.61. The van der Waals surface area contributed by atoms with Gasteiger partial charge in [-0.05, 0) is 30.4 Å². The highest BCUT2D eigenvalue weighted by Crippen LogP contribution is 2.27. The number of nitro groups is 2. The normalized spacial score (nSPS) is 10.7. The summed E-state index contributed by atoms with van der Waals surface area (Å²) in [5.41, 5.74) is 1.55. The van der Waals surface area contributed by atoms with E-state index in [1.54, 1.807) is 18.2 Å². The van der Waals surface area contributed by atoms with Crippen molar-refractivity contribution >= 4 is 50.8 Å². The maximum Gasteiger partial charge on any atom is 0.270 e. The van der Waals surface area contributed by atoms with Crippen LogP contribution in [-0.4, -0.2) is 14.4 Å². The second-order valence-electron chi connectivity index (χ2n) is 4.84. The molecule has 2 aromatic carbocycles. The van der Waals surface area contributed by atoms with Crippen LogP contribution in [0.1, 0.15) is 0 Å². The van der Waals surface area contributed by atoms with Crippen LogP contribution in [0.25, 0.3) is 10.2 Å². The summed E-state index contributed by atoms with van der Waals surface area (Å²) in [4.78, 5) is 20.6. The molecule has 0 aliphatic heterocycles. The first-order valence-corrected chi connectivity index (χ1v) is 7.94. The first-order chi connectivity index (χ1) is 11.5. The van der Waals surface area contributed by atoms with E-state index in [4.69, 9.17) is 12.2 Å². The molecule has 3 rings (SSSR count). The zero-order chi connectivity index (χ0) is 17.3. The van der Waals surface area contributed by atoms with Gasteiger partial charge in [0.1, 0.15) is 0 Å². The molecule has 24 heavy (non-hydrogen) atoms. The van der Waals surface area contributed by atoms with Crippen molar-refractivity contribution in [2.24, 2.45) is 0 Å². The highest BCUT2D eigenvalue weighted by Gasteiger charge is 2.11. The van der Waals surface area contributed by atoms with Gasteiger partial charge in [-0.15, -0.1) is 11.3 Å². The van der Waals surface area contributed by atoms with Gasteiger partial charge >= 0.3 is 0 Å². The number of nitro benzene ring substituents is 2. The van der Waals surface area contributed by atoms with Crippen LogP contribution < -0.4 is 5.32 Å². The number of nitrogens with one attached hydrogen (secondary N) is 1. The number of rotatable bonds is 5. The summed E-state index contributed by atoms with van der Waals surface area (Å²) in [6, 6.07) is 10.7. The van der Waals surface area contributed by atoms with Crippen molar-refractivity contribution < 1.29 is 9.85 Å². The zero-order valence-electron chi connectivity index (χ0n) is 12.0. The van der Waals surface area contributed by atoms with Crippen LogP contribution in [-0.2, 0) is 6.67 Å². The molecule has 10 heteroatoms. The number of anilines is 1. The summed E-state index contributed by atoms with van der Waals surface area (Å²) in [7, 11) is 0. The van der Waals surface area contributed by atoms with Gasteiger partial charge in [0.25, 0.3) is 11.4 Å². The second kappa shape index (κ2) is 6.34. The molecule has 0 atom stereocenters. The zero-order valence-corrected chi connectivity index (χ0v) is 13.7. The van der Waals surface area contributed by atoms with Gasteiger partial charge in [-0.25, -0.2) is 0 Å². The van der Waals surface area contributed by atoms with Crippen LogP contribution in [0.5, 0.6) is 0 Å². The van der Waals surface area contributed by atoms with Crippen LogP contribution in [0.4, 0.5) is 17.1 Å². The summed E-state index contributed by atoms with van der Waals surface area (Å²) in [5.74, 6) is 0. The third-order valence-electron chi connectivity index (χ3n) is 3.38. The number of benzene rings is 2. The second-order valence-corrected chi connectivity index (χ2v) is 6.52. The van der Waals surface area contributed by atoms with Crippen molar-refractivity contribution in [1.82, 2.24) is 4.57 Å². The molecule has 0 aliphatic rings. The van der Waals surface area contributed by atoms with E-state index in [1.165, 1.54) is 35.6 Å². The molecule has 0 aliphatic carbocycles. The number of hydrogen-bond donors (Lipinski definition) is 1. The van der Waals surface area contributed by atoms with Crippen LogP contribution in [0.15, 0.2) is 42.5 Å². The van der Waals surface area contributed by atoms with Crippen LogP contribution in [0.2, 0.25) is 0 Å². The van der Waals surface area contributed by atoms with E-state index in [0.717, 1.165) is 10.2 Å². The number of non-ortho nitro benzene ring substituents is 2. The van der Waals surface area contributed by atoms with E-state index in [0.29, 0.717) is 16.3 Å². The Morgan fingerprint density at radius 3 is 2.29 bits per heavy atom. The average Bonchev–Trinajstić information content (AvgIpc) is 2.87. The first-order valence-electron chi connectivity index (χ1n) is 6.72. The van der Waals surface area contributed by atoms with E-state index in [-0.39, 0.29) is 11.4 Å². The molecule has 3 aromatic rings. The quantitative estimate of drug-likeness (QED) is 0.412. The van der Waals surface area contributed by atoms with Crippen molar-refractivity contribution in [3.8, 4) is 0 Å². The van der Waals surface area contributed by atoms with Gasteiger partial charge in [-0.3, -0.25) is 20.2 Å². The fraction of sp³-hybridized carbons (Fsp3) is 0.0714. The molecule has 0 radical (unpaired) electrons. The van der Waals surface area contributed by atoms with Crippen LogP contribution in [0.3, 0.4) is 0 Å². The monoisotopic (exact) mass is 362 g/mol. The van der Waals surface area contributed by atoms with E-state index < -0.39 is 9.85 Å². The number of thiazole rings is 1. The third-order valence-corrected chi connectivity index (χ3v) is 4.79. The topological polar surface area (TPSA) is 103 Å². The number of hydrogen-bond acceptors (Lipinski definition) is 7. The Morgan fingerprint density at radius 1 is 1.04 bits per heavy atom. The summed E-state index contributed by atoms with van der Waals surface area (Å²) in [6.07, 6.45) is 0. The number of fused-ring (bicyclic) bond motifs is 1. The minimum absolute atomic E-state index is 0.0189. The van der Waals surface area contributed by atoms with Crippen molar-refractivity contribution in [3.05, 3.63) is 66.6 Å². The average molecular weight is 362 g/mol. The van der Waals surface area contributed by atoms with E-state index >= 15 is 0 Å². The van der Waals surface area contributed by atoms with Gasteiger partial charge in [0.05, 0.1) is 26.7 Å². The Morgan fingerprint density at radius 2 is 1.67 bits per heavy atom. The molecular formula is C14H10N4O4S2. The Bertz CT molecular complexity index is 994. The molecule has 1 N–H and O–H groups in total. The van der Waals surface area contributed by atoms with Gasteiger partial charge in [-0.2, -0.15) is 0 Å². The fourth-order valence-electron chi connectivity index (χ4n) is 2.19. The van der Waals surface area contributed by atoms with Gasteiger partial charge < -0.3 is 9.88 Å². The van der Waals surface area contributed by atoms with Crippen LogP contribution >= 0.6 is 23.6 Å². The molecule has 0 fully saturated rings. The molecular weight excluding hydrogens is 352 g/mol. The number of aromatic nitrogens is 1. The lowest BCUT2D eigenvalue weighted by Gasteiger charge is -2.08. The van der Waals surface area contributed by atoms with E-state index in [1.807, 2.05) is 4.57 Å². The van der Waals surface area contributed by atoms with Crippen molar-refractivity contribution in [3.63, 3.8) is 0 Å². The van der Waals surface area contributed by atoms with Gasteiger partial charge in [0, 0.05) is 30.0 Å².